The van der Waals surface area contributed by atoms with Gasteiger partial charge < -0.3 is 10.8 Å². The topological polar surface area (TPSA) is 63.3 Å². The highest BCUT2D eigenvalue weighted by Crippen LogP contribution is 2.03. The summed E-state index contributed by atoms with van der Waals surface area (Å²) in [4.78, 5) is 10.3. The number of rotatable bonds is 4. The van der Waals surface area contributed by atoms with Crippen LogP contribution in [0.4, 0.5) is 0 Å². The van der Waals surface area contributed by atoms with Gasteiger partial charge in [0.15, 0.2) is 0 Å². The van der Waals surface area contributed by atoms with Crippen LogP contribution in [0.5, 0.6) is 0 Å². The second-order valence-corrected chi connectivity index (χ2v) is 3.05. The van der Waals surface area contributed by atoms with Crippen LogP contribution in [0.2, 0.25) is 0 Å². The molecule has 0 heterocycles. The maximum absolute atomic E-state index is 10.3. The molecule has 0 amide bonds. The average Bonchev–Trinajstić information content (AvgIpc) is 2.04. The molecule has 0 aromatic heterocycles. The minimum absolute atomic E-state index is 0. The molecule has 0 aliphatic carbocycles. The van der Waals surface area contributed by atoms with Gasteiger partial charge in [0.25, 0.3) is 0 Å². The Bertz CT molecular complexity index is 277. The standard InChI is InChI=1S/C10H13NO2.ClH/c11-9(7-10(12)13)6-8-4-2-1-3-5-8;/h1-5,9H,6-7,11H2,(H,12,13);1H/t9-;/m1./s1. The highest BCUT2D eigenvalue weighted by atomic mass is 35.5. The maximum atomic E-state index is 10.3. The van der Waals surface area contributed by atoms with E-state index in [4.69, 9.17) is 10.8 Å². The molecule has 4 heteroatoms. The number of carbonyl (C=O) groups is 1. The van der Waals surface area contributed by atoms with E-state index in [1.165, 1.54) is 0 Å². The molecule has 1 aromatic rings. The Hall–Kier alpha value is -1.06. The Morgan fingerprint density at radius 3 is 2.43 bits per heavy atom. The minimum Gasteiger partial charge on any atom is -0.481 e. The van der Waals surface area contributed by atoms with Gasteiger partial charge in [-0.05, 0) is 12.0 Å². The summed E-state index contributed by atoms with van der Waals surface area (Å²) < 4.78 is 0. The van der Waals surface area contributed by atoms with Gasteiger partial charge in [0.1, 0.15) is 0 Å². The predicted molar refractivity (Wildman–Crippen MR) is 57.6 cm³/mol. The molecule has 0 fully saturated rings. The first-order valence-electron chi connectivity index (χ1n) is 4.20. The van der Waals surface area contributed by atoms with Crippen LogP contribution >= 0.6 is 12.4 Å². The molecule has 3 nitrogen and oxygen atoms in total. The van der Waals surface area contributed by atoms with Crippen molar-refractivity contribution in [2.75, 3.05) is 0 Å². The molecular formula is C10H14ClNO2. The lowest BCUT2D eigenvalue weighted by Gasteiger charge is -2.07. The van der Waals surface area contributed by atoms with Crippen LogP contribution in [-0.2, 0) is 11.2 Å². The highest BCUT2D eigenvalue weighted by Gasteiger charge is 2.07. The van der Waals surface area contributed by atoms with Crippen LogP contribution in [-0.4, -0.2) is 17.1 Å². The van der Waals surface area contributed by atoms with E-state index in [1.54, 1.807) is 0 Å². The zero-order valence-electron chi connectivity index (χ0n) is 7.72. The second-order valence-electron chi connectivity index (χ2n) is 3.05. The first kappa shape index (κ1) is 12.9. The minimum atomic E-state index is -0.844. The van der Waals surface area contributed by atoms with Crippen molar-refractivity contribution in [1.82, 2.24) is 0 Å². The van der Waals surface area contributed by atoms with E-state index in [0.717, 1.165) is 5.56 Å². The number of nitrogens with two attached hydrogens (primary N) is 1. The van der Waals surface area contributed by atoms with Crippen molar-refractivity contribution in [2.45, 2.75) is 18.9 Å². The molecule has 0 radical (unpaired) electrons. The Balaban J connectivity index is 0.00000169. The van der Waals surface area contributed by atoms with Gasteiger partial charge in [-0.25, -0.2) is 0 Å². The molecule has 14 heavy (non-hydrogen) atoms. The van der Waals surface area contributed by atoms with E-state index in [2.05, 4.69) is 0 Å². The third kappa shape index (κ3) is 4.84. The van der Waals surface area contributed by atoms with Crippen LogP contribution in [0.3, 0.4) is 0 Å². The summed E-state index contributed by atoms with van der Waals surface area (Å²) in [6.45, 7) is 0. The van der Waals surface area contributed by atoms with Gasteiger partial charge in [-0.1, -0.05) is 30.3 Å². The van der Waals surface area contributed by atoms with Gasteiger partial charge in [-0.3, -0.25) is 4.79 Å². The summed E-state index contributed by atoms with van der Waals surface area (Å²) in [6.07, 6.45) is 0.641. The Labute approximate surface area is 89.3 Å². The molecule has 0 aliphatic heterocycles. The summed E-state index contributed by atoms with van der Waals surface area (Å²) in [5.41, 5.74) is 6.71. The number of carboxylic acid groups (broad SMARTS) is 1. The lowest BCUT2D eigenvalue weighted by Crippen LogP contribution is -2.25. The van der Waals surface area contributed by atoms with Gasteiger partial charge in [-0.15, -0.1) is 12.4 Å². The fourth-order valence-electron chi connectivity index (χ4n) is 1.21. The number of benzene rings is 1. The van der Waals surface area contributed by atoms with Gasteiger partial charge in [0, 0.05) is 6.04 Å². The van der Waals surface area contributed by atoms with Gasteiger partial charge in [-0.2, -0.15) is 0 Å². The number of hydrogen-bond donors (Lipinski definition) is 2. The fraction of sp³-hybridized carbons (Fsp3) is 0.300. The molecule has 0 bridgehead atoms. The normalized spacial score (nSPS) is 11.5. The highest BCUT2D eigenvalue weighted by molar-refractivity contribution is 5.85. The van der Waals surface area contributed by atoms with Crippen LogP contribution in [0.25, 0.3) is 0 Å². The first-order chi connectivity index (χ1) is 6.18. The van der Waals surface area contributed by atoms with Crippen molar-refractivity contribution >= 4 is 18.4 Å². The number of halogens is 1. The third-order valence-corrected chi connectivity index (χ3v) is 1.78. The molecule has 0 aliphatic rings. The predicted octanol–water partition coefficient (Wildman–Crippen LogP) is 1.45. The molecule has 0 saturated carbocycles. The summed E-state index contributed by atoms with van der Waals surface area (Å²) >= 11 is 0. The first-order valence-corrected chi connectivity index (χ1v) is 4.20. The molecular weight excluding hydrogens is 202 g/mol. The molecule has 1 rings (SSSR count). The lowest BCUT2D eigenvalue weighted by molar-refractivity contribution is -0.137. The zero-order chi connectivity index (χ0) is 9.68. The van der Waals surface area contributed by atoms with E-state index in [1.807, 2.05) is 30.3 Å². The van der Waals surface area contributed by atoms with Gasteiger partial charge in [0.05, 0.1) is 6.42 Å². The summed E-state index contributed by atoms with van der Waals surface area (Å²) in [5.74, 6) is -0.844. The van der Waals surface area contributed by atoms with Crippen molar-refractivity contribution in [3.05, 3.63) is 35.9 Å². The summed E-state index contributed by atoms with van der Waals surface area (Å²) in [5, 5.41) is 8.48. The smallest absolute Gasteiger partial charge is 0.304 e. The van der Waals surface area contributed by atoms with Crippen LogP contribution in [0, 0.1) is 0 Å². The van der Waals surface area contributed by atoms with E-state index >= 15 is 0 Å². The van der Waals surface area contributed by atoms with Crippen LogP contribution in [0.1, 0.15) is 12.0 Å². The van der Waals surface area contributed by atoms with Crippen molar-refractivity contribution < 1.29 is 9.90 Å². The van der Waals surface area contributed by atoms with Crippen LogP contribution in [0.15, 0.2) is 30.3 Å². The van der Waals surface area contributed by atoms with Crippen LogP contribution < -0.4 is 5.73 Å². The third-order valence-electron chi connectivity index (χ3n) is 1.78. The maximum Gasteiger partial charge on any atom is 0.304 e. The molecule has 0 unspecified atom stereocenters. The molecule has 3 N–H and O–H groups in total. The second kappa shape index (κ2) is 6.40. The SMILES string of the molecule is Cl.N[C@@H](CC(=O)O)Cc1ccccc1. The quantitative estimate of drug-likeness (QED) is 0.799. The lowest BCUT2D eigenvalue weighted by atomic mass is 10.0. The zero-order valence-corrected chi connectivity index (χ0v) is 8.54. The Morgan fingerprint density at radius 2 is 1.93 bits per heavy atom. The van der Waals surface area contributed by atoms with Crippen molar-refractivity contribution in [1.29, 1.82) is 0 Å². The van der Waals surface area contributed by atoms with Gasteiger partial charge in [0.2, 0.25) is 0 Å². The van der Waals surface area contributed by atoms with Gasteiger partial charge >= 0.3 is 5.97 Å². The average molecular weight is 216 g/mol. The monoisotopic (exact) mass is 215 g/mol. The Morgan fingerprint density at radius 1 is 1.36 bits per heavy atom. The van der Waals surface area contributed by atoms with E-state index < -0.39 is 5.97 Å². The largest absolute Gasteiger partial charge is 0.481 e. The molecule has 78 valence electrons. The number of hydrogen-bond acceptors (Lipinski definition) is 2. The van der Waals surface area contributed by atoms with Crippen molar-refractivity contribution in [3.8, 4) is 0 Å². The fourth-order valence-corrected chi connectivity index (χ4v) is 1.21. The van der Waals surface area contributed by atoms with Crippen molar-refractivity contribution in [3.63, 3.8) is 0 Å². The molecule has 1 aromatic carbocycles. The number of aliphatic carboxylic acids is 1. The van der Waals surface area contributed by atoms with E-state index in [-0.39, 0.29) is 24.9 Å². The van der Waals surface area contributed by atoms with E-state index in [0.29, 0.717) is 6.42 Å². The molecule has 0 saturated heterocycles. The van der Waals surface area contributed by atoms with E-state index in [9.17, 15) is 4.79 Å². The number of carboxylic acids is 1. The molecule has 0 spiro atoms. The Kier molecular flexibility index (Phi) is 5.92. The van der Waals surface area contributed by atoms with Crippen molar-refractivity contribution in [2.24, 2.45) is 5.73 Å². The summed E-state index contributed by atoms with van der Waals surface area (Å²) in [7, 11) is 0. The molecule has 1 atom stereocenters. The summed E-state index contributed by atoms with van der Waals surface area (Å²) in [6, 6.07) is 9.36.